The van der Waals surface area contributed by atoms with Crippen molar-refractivity contribution in [1.82, 2.24) is 0 Å². The second kappa shape index (κ2) is 5.29. The molecule has 2 nitrogen and oxygen atoms in total. The maximum atomic E-state index is 8.72. The molecule has 14 heavy (non-hydrogen) atoms. The number of rotatable bonds is 4. The highest BCUT2D eigenvalue weighted by Crippen LogP contribution is 2.19. The van der Waals surface area contributed by atoms with E-state index in [2.05, 4.69) is 13.0 Å². The Labute approximate surface area is 85.1 Å². The van der Waals surface area contributed by atoms with Gasteiger partial charge in [0.15, 0.2) is 0 Å². The van der Waals surface area contributed by atoms with Gasteiger partial charge in [0.1, 0.15) is 5.75 Å². The van der Waals surface area contributed by atoms with E-state index in [-0.39, 0.29) is 0 Å². The van der Waals surface area contributed by atoms with E-state index in [0.29, 0.717) is 5.56 Å². The van der Waals surface area contributed by atoms with Gasteiger partial charge in [0.05, 0.1) is 18.2 Å². The quantitative estimate of drug-likeness (QED) is 0.682. The monoisotopic (exact) mass is 189 g/mol. The zero-order chi connectivity index (χ0) is 10.4. The summed E-state index contributed by atoms with van der Waals surface area (Å²) in [5, 5.41) is 8.72. The van der Waals surface area contributed by atoms with Crippen LogP contribution in [0.4, 0.5) is 0 Å². The first-order valence-electron chi connectivity index (χ1n) is 4.91. The molecule has 0 bridgehead atoms. The van der Waals surface area contributed by atoms with Gasteiger partial charge in [0.2, 0.25) is 0 Å². The standard InChI is InChI=1S/C12H15NO/c1-3-4-7-14-12-8-11(9-13)6-5-10(12)2/h5-6,8H,3-4,7H2,1-2H3. The fraction of sp³-hybridized carbons (Fsp3) is 0.417. The Kier molecular flexibility index (Phi) is 4.00. The van der Waals surface area contributed by atoms with Crippen molar-refractivity contribution in [3.8, 4) is 11.8 Å². The second-order valence-electron chi connectivity index (χ2n) is 3.29. The molecule has 1 rings (SSSR count). The molecule has 0 aromatic heterocycles. The van der Waals surface area contributed by atoms with Crippen LogP contribution in [0.1, 0.15) is 30.9 Å². The molecule has 0 spiro atoms. The molecule has 0 radical (unpaired) electrons. The first kappa shape index (κ1) is 10.6. The maximum absolute atomic E-state index is 8.72. The van der Waals surface area contributed by atoms with E-state index in [1.54, 1.807) is 6.07 Å². The fourth-order valence-electron chi connectivity index (χ4n) is 1.15. The molecule has 1 aromatic carbocycles. The van der Waals surface area contributed by atoms with E-state index in [1.165, 1.54) is 0 Å². The number of hydrogen-bond acceptors (Lipinski definition) is 2. The molecule has 0 aliphatic heterocycles. The fourth-order valence-corrected chi connectivity index (χ4v) is 1.15. The third-order valence-corrected chi connectivity index (χ3v) is 2.07. The summed E-state index contributed by atoms with van der Waals surface area (Å²) in [6.07, 6.45) is 2.17. The highest BCUT2D eigenvalue weighted by molar-refractivity contribution is 5.41. The lowest BCUT2D eigenvalue weighted by molar-refractivity contribution is 0.307. The molecule has 0 saturated heterocycles. The Bertz CT molecular complexity index is 339. The summed E-state index contributed by atoms with van der Waals surface area (Å²) in [6.45, 7) is 4.84. The van der Waals surface area contributed by atoms with E-state index < -0.39 is 0 Å². The average Bonchev–Trinajstić information content (AvgIpc) is 2.21. The van der Waals surface area contributed by atoms with Gasteiger partial charge >= 0.3 is 0 Å². The summed E-state index contributed by atoms with van der Waals surface area (Å²) >= 11 is 0. The average molecular weight is 189 g/mol. The van der Waals surface area contributed by atoms with Crippen molar-refractivity contribution in [3.05, 3.63) is 29.3 Å². The smallest absolute Gasteiger partial charge is 0.123 e. The van der Waals surface area contributed by atoms with Crippen LogP contribution in [0.2, 0.25) is 0 Å². The third kappa shape index (κ3) is 2.77. The molecule has 0 aliphatic carbocycles. The first-order chi connectivity index (χ1) is 6.77. The summed E-state index contributed by atoms with van der Waals surface area (Å²) in [7, 11) is 0. The zero-order valence-electron chi connectivity index (χ0n) is 8.71. The van der Waals surface area contributed by atoms with E-state index in [1.807, 2.05) is 19.1 Å². The van der Waals surface area contributed by atoms with Crippen molar-refractivity contribution in [1.29, 1.82) is 5.26 Å². The molecular weight excluding hydrogens is 174 g/mol. The van der Waals surface area contributed by atoms with Gasteiger partial charge in [-0.1, -0.05) is 19.4 Å². The molecule has 0 heterocycles. The second-order valence-corrected chi connectivity index (χ2v) is 3.29. The van der Waals surface area contributed by atoms with E-state index in [9.17, 15) is 0 Å². The Morgan fingerprint density at radius 1 is 1.43 bits per heavy atom. The van der Waals surface area contributed by atoms with Gasteiger partial charge in [-0.2, -0.15) is 5.26 Å². The van der Waals surface area contributed by atoms with Crippen LogP contribution in [0.5, 0.6) is 5.75 Å². The number of benzene rings is 1. The SMILES string of the molecule is CCCCOc1cc(C#N)ccc1C. The van der Waals surface area contributed by atoms with E-state index >= 15 is 0 Å². The Morgan fingerprint density at radius 3 is 2.86 bits per heavy atom. The van der Waals surface area contributed by atoms with Gasteiger partial charge in [-0.15, -0.1) is 0 Å². The molecular formula is C12H15NO. The minimum atomic E-state index is 0.655. The van der Waals surface area contributed by atoms with Crippen LogP contribution in [0.15, 0.2) is 18.2 Å². The molecule has 0 N–H and O–H groups in total. The number of nitrogens with zero attached hydrogens (tertiary/aromatic N) is 1. The van der Waals surface area contributed by atoms with Crippen LogP contribution >= 0.6 is 0 Å². The largest absolute Gasteiger partial charge is 0.493 e. The Hall–Kier alpha value is -1.49. The molecule has 1 aromatic rings. The van der Waals surface area contributed by atoms with Gasteiger partial charge in [0, 0.05) is 0 Å². The van der Waals surface area contributed by atoms with Gasteiger partial charge in [-0.3, -0.25) is 0 Å². The molecule has 74 valence electrons. The number of ether oxygens (including phenoxy) is 1. The first-order valence-corrected chi connectivity index (χ1v) is 4.91. The number of hydrogen-bond donors (Lipinski definition) is 0. The van der Waals surface area contributed by atoms with Crippen LogP contribution in [0.3, 0.4) is 0 Å². The molecule has 0 fully saturated rings. The predicted molar refractivity (Wildman–Crippen MR) is 56.3 cm³/mol. The minimum absolute atomic E-state index is 0.655. The molecule has 0 aliphatic rings. The van der Waals surface area contributed by atoms with Gasteiger partial charge in [-0.05, 0) is 31.0 Å². The number of aryl methyl sites for hydroxylation is 1. The lowest BCUT2D eigenvalue weighted by Gasteiger charge is -2.08. The summed E-state index contributed by atoms with van der Waals surface area (Å²) in [5.74, 6) is 0.831. The van der Waals surface area contributed by atoms with Crippen LogP contribution < -0.4 is 4.74 Å². The van der Waals surface area contributed by atoms with Gasteiger partial charge in [-0.25, -0.2) is 0 Å². The van der Waals surface area contributed by atoms with Crippen LogP contribution in [-0.4, -0.2) is 6.61 Å². The Balaban J connectivity index is 2.70. The Morgan fingerprint density at radius 2 is 2.21 bits per heavy atom. The van der Waals surface area contributed by atoms with Crippen LogP contribution in [0.25, 0.3) is 0 Å². The molecule has 0 unspecified atom stereocenters. The summed E-state index contributed by atoms with van der Waals surface area (Å²) in [4.78, 5) is 0. The normalized spacial score (nSPS) is 9.50. The highest BCUT2D eigenvalue weighted by atomic mass is 16.5. The molecule has 2 heteroatoms. The molecule has 0 atom stereocenters. The highest BCUT2D eigenvalue weighted by Gasteiger charge is 2.00. The van der Waals surface area contributed by atoms with Crippen molar-refractivity contribution < 1.29 is 4.74 Å². The van der Waals surface area contributed by atoms with E-state index in [0.717, 1.165) is 30.8 Å². The third-order valence-electron chi connectivity index (χ3n) is 2.07. The van der Waals surface area contributed by atoms with Crippen molar-refractivity contribution in [2.75, 3.05) is 6.61 Å². The molecule has 0 saturated carbocycles. The number of nitriles is 1. The predicted octanol–water partition coefficient (Wildman–Crippen LogP) is 3.05. The van der Waals surface area contributed by atoms with Gasteiger partial charge in [0.25, 0.3) is 0 Å². The zero-order valence-corrected chi connectivity index (χ0v) is 8.71. The van der Waals surface area contributed by atoms with Crippen LogP contribution in [-0.2, 0) is 0 Å². The van der Waals surface area contributed by atoms with Crippen molar-refractivity contribution >= 4 is 0 Å². The number of unbranched alkanes of at least 4 members (excludes halogenated alkanes) is 1. The minimum Gasteiger partial charge on any atom is -0.493 e. The van der Waals surface area contributed by atoms with Crippen LogP contribution in [0, 0.1) is 18.3 Å². The van der Waals surface area contributed by atoms with E-state index in [4.69, 9.17) is 10.00 Å². The molecule has 0 amide bonds. The lowest BCUT2D eigenvalue weighted by Crippen LogP contribution is -1.98. The lowest BCUT2D eigenvalue weighted by atomic mass is 10.1. The van der Waals surface area contributed by atoms with Gasteiger partial charge < -0.3 is 4.74 Å². The maximum Gasteiger partial charge on any atom is 0.123 e. The van der Waals surface area contributed by atoms with Crippen molar-refractivity contribution in [2.45, 2.75) is 26.7 Å². The van der Waals surface area contributed by atoms with Crippen molar-refractivity contribution in [2.24, 2.45) is 0 Å². The summed E-state index contributed by atoms with van der Waals surface area (Å²) < 4.78 is 5.57. The summed E-state index contributed by atoms with van der Waals surface area (Å²) in [6, 6.07) is 7.63. The summed E-state index contributed by atoms with van der Waals surface area (Å²) in [5.41, 5.74) is 1.74. The van der Waals surface area contributed by atoms with Crippen molar-refractivity contribution in [3.63, 3.8) is 0 Å². The topological polar surface area (TPSA) is 33.0 Å².